The number of piperidine rings is 1. The van der Waals surface area contributed by atoms with E-state index in [0.29, 0.717) is 25.8 Å². The van der Waals surface area contributed by atoms with Crippen molar-refractivity contribution in [2.75, 3.05) is 32.7 Å². The molecule has 0 saturated carbocycles. The van der Waals surface area contributed by atoms with Crippen molar-refractivity contribution < 1.29 is 18.0 Å². The Hall–Kier alpha value is -2.75. The van der Waals surface area contributed by atoms with E-state index >= 15 is 0 Å². The molecule has 4 rings (SSSR count). The molecule has 200 valence electrons. The maximum atomic E-state index is 13.2. The van der Waals surface area contributed by atoms with Crippen molar-refractivity contribution in [2.24, 2.45) is 5.92 Å². The van der Waals surface area contributed by atoms with Crippen LogP contribution in [-0.2, 0) is 26.2 Å². The Morgan fingerprint density at radius 2 is 1.57 bits per heavy atom. The van der Waals surface area contributed by atoms with Crippen molar-refractivity contribution in [2.45, 2.75) is 56.0 Å². The maximum Gasteiger partial charge on any atom is 0.243 e. The molecule has 0 aromatic heterocycles. The monoisotopic (exact) mass is 526 g/mol. The summed E-state index contributed by atoms with van der Waals surface area (Å²) in [6.45, 7) is 3.62. The van der Waals surface area contributed by atoms with Crippen molar-refractivity contribution >= 4 is 21.8 Å². The fraction of sp³-hybridized carbons (Fsp3) is 0.500. The van der Waals surface area contributed by atoms with E-state index in [1.54, 1.807) is 30.3 Å². The molecule has 2 heterocycles. The van der Waals surface area contributed by atoms with Gasteiger partial charge in [-0.25, -0.2) is 8.42 Å². The van der Waals surface area contributed by atoms with Gasteiger partial charge >= 0.3 is 0 Å². The van der Waals surface area contributed by atoms with Gasteiger partial charge in [0, 0.05) is 57.6 Å². The number of hydrogen-bond donors (Lipinski definition) is 2. The molecule has 2 N–H and O–H groups in total. The Balaban J connectivity index is 1.31. The first kappa shape index (κ1) is 27.3. The second kappa shape index (κ2) is 13.2. The second-order valence-electron chi connectivity index (χ2n) is 9.99. The molecule has 0 bridgehead atoms. The molecule has 2 amide bonds. The van der Waals surface area contributed by atoms with Crippen LogP contribution in [0.5, 0.6) is 0 Å². The molecule has 0 aliphatic carbocycles. The lowest BCUT2D eigenvalue weighted by Crippen LogP contribution is -2.46. The number of hydrogen-bond acceptors (Lipinski definition) is 5. The quantitative estimate of drug-likeness (QED) is 0.603. The number of benzene rings is 2. The third-order valence-electron chi connectivity index (χ3n) is 7.30. The highest BCUT2D eigenvalue weighted by molar-refractivity contribution is 7.89. The van der Waals surface area contributed by atoms with E-state index in [1.165, 1.54) is 9.87 Å². The second-order valence-corrected chi connectivity index (χ2v) is 11.9. The maximum absolute atomic E-state index is 13.2. The van der Waals surface area contributed by atoms with Crippen LogP contribution in [0.1, 0.15) is 44.1 Å². The van der Waals surface area contributed by atoms with Gasteiger partial charge in [0.15, 0.2) is 0 Å². The van der Waals surface area contributed by atoms with E-state index in [2.05, 4.69) is 39.8 Å². The lowest BCUT2D eigenvalue weighted by molar-refractivity contribution is -0.127. The van der Waals surface area contributed by atoms with Gasteiger partial charge in [0.2, 0.25) is 21.8 Å². The summed E-state index contributed by atoms with van der Waals surface area (Å²) < 4.78 is 27.7. The van der Waals surface area contributed by atoms with Gasteiger partial charge < -0.3 is 10.6 Å². The summed E-state index contributed by atoms with van der Waals surface area (Å²) in [4.78, 5) is 28.2. The van der Waals surface area contributed by atoms with Crippen molar-refractivity contribution in [3.8, 4) is 0 Å². The summed E-state index contributed by atoms with van der Waals surface area (Å²) in [6.07, 6.45) is 3.61. The minimum Gasteiger partial charge on any atom is -0.356 e. The Morgan fingerprint density at radius 1 is 0.892 bits per heavy atom. The van der Waals surface area contributed by atoms with Gasteiger partial charge in [0.1, 0.15) is 0 Å². The molecule has 2 aliphatic heterocycles. The van der Waals surface area contributed by atoms with Crippen molar-refractivity contribution in [1.82, 2.24) is 19.8 Å². The lowest BCUT2D eigenvalue weighted by atomic mass is 9.96. The van der Waals surface area contributed by atoms with Crippen LogP contribution in [0.3, 0.4) is 0 Å². The first-order chi connectivity index (χ1) is 17.9. The van der Waals surface area contributed by atoms with Gasteiger partial charge in [-0.15, -0.1) is 0 Å². The summed E-state index contributed by atoms with van der Waals surface area (Å²) in [7, 11) is -3.71. The standard InChI is InChI=1S/C28H38N4O4S/c33-27-16-21-32(37(35,36)26-11-5-2-6-12-26)18-7-10-24(13-17-29-27)28(34)30-25-14-19-31(20-15-25)22-23-8-3-1-4-9-23/h1-6,8-9,11-12,24-25H,7,10,13-22H2,(H,29,33)(H,30,34). The van der Waals surface area contributed by atoms with Gasteiger partial charge in [0.25, 0.3) is 0 Å². The normalized spacial score (nSPS) is 21.5. The van der Waals surface area contributed by atoms with Crippen LogP contribution < -0.4 is 10.6 Å². The predicted molar refractivity (Wildman–Crippen MR) is 143 cm³/mol. The zero-order chi connectivity index (χ0) is 26.1. The zero-order valence-electron chi connectivity index (χ0n) is 21.3. The van der Waals surface area contributed by atoms with E-state index in [9.17, 15) is 18.0 Å². The Labute approximate surface area is 220 Å². The SMILES string of the molecule is O=C1CCN(S(=O)(=O)c2ccccc2)CCCC(C(=O)NC2CCN(Cc3ccccc3)CC2)CCN1. The van der Waals surface area contributed by atoms with Gasteiger partial charge in [0.05, 0.1) is 4.90 Å². The third-order valence-corrected chi connectivity index (χ3v) is 9.21. The molecule has 1 unspecified atom stereocenters. The van der Waals surface area contributed by atoms with Crippen LogP contribution in [0.15, 0.2) is 65.6 Å². The number of nitrogens with zero attached hydrogens (tertiary/aromatic N) is 2. The number of likely N-dealkylation sites (tertiary alicyclic amines) is 1. The van der Waals surface area contributed by atoms with Crippen LogP contribution in [0.2, 0.25) is 0 Å². The van der Waals surface area contributed by atoms with Gasteiger partial charge in [-0.1, -0.05) is 48.5 Å². The molecular weight excluding hydrogens is 488 g/mol. The smallest absolute Gasteiger partial charge is 0.243 e. The highest BCUT2D eigenvalue weighted by Gasteiger charge is 2.28. The summed E-state index contributed by atoms with van der Waals surface area (Å²) in [6, 6.07) is 18.9. The topological polar surface area (TPSA) is 98.8 Å². The third kappa shape index (κ3) is 7.87. The average Bonchev–Trinajstić information content (AvgIpc) is 2.95. The van der Waals surface area contributed by atoms with Gasteiger partial charge in [-0.3, -0.25) is 14.5 Å². The molecule has 2 aromatic rings. The number of nitrogens with one attached hydrogen (secondary N) is 2. The first-order valence-electron chi connectivity index (χ1n) is 13.3. The number of carbonyl (C=O) groups excluding carboxylic acids is 2. The largest absolute Gasteiger partial charge is 0.356 e. The fourth-order valence-electron chi connectivity index (χ4n) is 5.11. The van der Waals surface area contributed by atoms with E-state index in [0.717, 1.165) is 32.5 Å². The van der Waals surface area contributed by atoms with Crippen molar-refractivity contribution in [1.29, 1.82) is 0 Å². The number of amides is 2. The fourth-order valence-corrected chi connectivity index (χ4v) is 6.61. The molecule has 2 aromatic carbocycles. The molecule has 8 nitrogen and oxygen atoms in total. The van der Waals surface area contributed by atoms with Crippen LogP contribution in [0, 0.1) is 5.92 Å². The van der Waals surface area contributed by atoms with E-state index in [-0.39, 0.29) is 48.2 Å². The van der Waals surface area contributed by atoms with Crippen LogP contribution in [-0.4, -0.2) is 68.2 Å². The highest BCUT2D eigenvalue weighted by atomic mass is 32.2. The van der Waals surface area contributed by atoms with Gasteiger partial charge in [-0.2, -0.15) is 4.31 Å². The van der Waals surface area contributed by atoms with E-state index in [1.807, 2.05) is 6.07 Å². The highest BCUT2D eigenvalue weighted by Crippen LogP contribution is 2.20. The van der Waals surface area contributed by atoms with E-state index in [4.69, 9.17) is 0 Å². The number of carbonyl (C=O) groups is 2. The van der Waals surface area contributed by atoms with Gasteiger partial charge in [-0.05, 0) is 49.8 Å². The molecular formula is C28H38N4O4S. The molecule has 0 spiro atoms. The summed E-state index contributed by atoms with van der Waals surface area (Å²) in [5.41, 5.74) is 1.30. The number of rotatable bonds is 6. The molecule has 1 atom stereocenters. The Morgan fingerprint density at radius 3 is 2.27 bits per heavy atom. The van der Waals surface area contributed by atoms with Crippen molar-refractivity contribution in [3.63, 3.8) is 0 Å². The minimum atomic E-state index is -3.71. The Bertz CT molecular complexity index is 1120. The lowest BCUT2D eigenvalue weighted by Gasteiger charge is -2.33. The molecule has 2 saturated heterocycles. The Kier molecular flexibility index (Phi) is 9.71. The average molecular weight is 527 g/mol. The first-order valence-corrected chi connectivity index (χ1v) is 14.7. The molecule has 0 radical (unpaired) electrons. The summed E-state index contributed by atoms with van der Waals surface area (Å²) >= 11 is 0. The predicted octanol–water partition coefficient (Wildman–Crippen LogP) is 2.76. The number of sulfonamides is 1. The summed E-state index contributed by atoms with van der Waals surface area (Å²) in [5, 5.41) is 6.10. The minimum absolute atomic E-state index is 0.00692. The zero-order valence-corrected chi connectivity index (χ0v) is 22.2. The molecule has 37 heavy (non-hydrogen) atoms. The molecule has 2 aliphatic rings. The molecule has 2 fully saturated rings. The van der Waals surface area contributed by atoms with Crippen molar-refractivity contribution in [3.05, 3.63) is 66.2 Å². The molecule has 9 heteroatoms. The van der Waals surface area contributed by atoms with E-state index < -0.39 is 10.0 Å². The van der Waals surface area contributed by atoms with Crippen LogP contribution in [0.25, 0.3) is 0 Å². The van der Waals surface area contributed by atoms with Crippen LogP contribution in [0.4, 0.5) is 0 Å². The summed E-state index contributed by atoms with van der Waals surface area (Å²) in [5.74, 6) is -0.449. The van der Waals surface area contributed by atoms with Crippen LogP contribution >= 0.6 is 0 Å².